The average molecular weight is 265 g/mol. The van der Waals surface area contributed by atoms with E-state index in [0.717, 1.165) is 12.8 Å². The summed E-state index contributed by atoms with van der Waals surface area (Å²) in [5.74, 6) is -2.20. The van der Waals surface area contributed by atoms with E-state index in [1.54, 1.807) is 19.1 Å². The molecule has 1 amide bonds. The van der Waals surface area contributed by atoms with E-state index >= 15 is 0 Å². The SMILES string of the molecule is CC(C(=O)N(CC(=O)O)C1CC1)c1cccc(F)c1. The Balaban J connectivity index is 2.14. The second-order valence-corrected chi connectivity index (χ2v) is 4.87. The lowest BCUT2D eigenvalue weighted by Gasteiger charge is -2.24. The van der Waals surface area contributed by atoms with Gasteiger partial charge in [0.2, 0.25) is 5.91 Å². The number of carbonyl (C=O) groups is 2. The highest BCUT2D eigenvalue weighted by molar-refractivity contribution is 5.87. The van der Waals surface area contributed by atoms with Gasteiger partial charge >= 0.3 is 5.97 Å². The van der Waals surface area contributed by atoms with Gasteiger partial charge in [0.25, 0.3) is 0 Å². The number of aliphatic carboxylic acids is 1. The summed E-state index contributed by atoms with van der Waals surface area (Å²) in [7, 11) is 0. The summed E-state index contributed by atoms with van der Waals surface area (Å²) in [5.41, 5.74) is 0.570. The maximum Gasteiger partial charge on any atom is 0.323 e. The summed E-state index contributed by atoms with van der Waals surface area (Å²) >= 11 is 0. The summed E-state index contributed by atoms with van der Waals surface area (Å²) in [6.45, 7) is 1.39. The number of nitrogens with zero attached hydrogens (tertiary/aromatic N) is 1. The van der Waals surface area contributed by atoms with Crippen LogP contribution in [0.5, 0.6) is 0 Å². The number of carbonyl (C=O) groups excluding carboxylic acids is 1. The number of hydrogen-bond donors (Lipinski definition) is 1. The summed E-state index contributed by atoms with van der Waals surface area (Å²) in [4.78, 5) is 24.5. The number of rotatable bonds is 5. The molecule has 0 heterocycles. The van der Waals surface area contributed by atoms with Gasteiger partial charge in [-0.3, -0.25) is 9.59 Å². The molecule has 19 heavy (non-hydrogen) atoms. The Morgan fingerprint density at radius 3 is 2.68 bits per heavy atom. The monoisotopic (exact) mass is 265 g/mol. The van der Waals surface area contributed by atoms with Crippen molar-refractivity contribution in [3.05, 3.63) is 35.6 Å². The van der Waals surface area contributed by atoms with Crippen molar-refractivity contribution in [3.63, 3.8) is 0 Å². The van der Waals surface area contributed by atoms with Crippen molar-refractivity contribution in [1.82, 2.24) is 4.90 Å². The van der Waals surface area contributed by atoms with Gasteiger partial charge in [0, 0.05) is 6.04 Å². The Morgan fingerprint density at radius 1 is 1.47 bits per heavy atom. The van der Waals surface area contributed by atoms with Gasteiger partial charge in [0.15, 0.2) is 0 Å². The third-order valence-corrected chi connectivity index (χ3v) is 3.30. The summed E-state index contributed by atoms with van der Waals surface area (Å²) in [6, 6.07) is 5.88. The van der Waals surface area contributed by atoms with Gasteiger partial charge in [0.1, 0.15) is 12.4 Å². The molecular formula is C14H16FNO3. The second kappa shape index (κ2) is 5.38. The first kappa shape index (κ1) is 13.5. The summed E-state index contributed by atoms with van der Waals surface area (Å²) in [5, 5.41) is 8.85. The van der Waals surface area contributed by atoms with Crippen LogP contribution in [-0.4, -0.2) is 34.5 Å². The van der Waals surface area contributed by atoms with E-state index in [1.165, 1.54) is 17.0 Å². The lowest BCUT2D eigenvalue weighted by Crippen LogP contribution is -2.39. The molecule has 1 N–H and O–H groups in total. The Kier molecular flexibility index (Phi) is 3.83. The van der Waals surface area contributed by atoms with Crippen LogP contribution >= 0.6 is 0 Å². The average Bonchev–Trinajstić information content (AvgIpc) is 3.18. The van der Waals surface area contributed by atoms with Crippen molar-refractivity contribution in [2.75, 3.05) is 6.54 Å². The predicted octanol–water partition coefficient (Wildman–Crippen LogP) is 2.00. The number of halogens is 1. The van der Waals surface area contributed by atoms with Gasteiger partial charge in [0.05, 0.1) is 5.92 Å². The Bertz CT molecular complexity index is 499. The van der Waals surface area contributed by atoms with Gasteiger partial charge < -0.3 is 10.0 Å². The molecule has 0 aromatic heterocycles. The molecule has 0 radical (unpaired) electrons. The minimum absolute atomic E-state index is 0.0274. The Morgan fingerprint density at radius 2 is 2.16 bits per heavy atom. The van der Waals surface area contributed by atoms with E-state index in [1.807, 2.05) is 0 Å². The van der Waals surface area contributed by atoms with Crippen LogP contribution in [0, 0.1) is 5.82 Å². The third kappa shape index (κ3) is 3.30. The van der Waals surface area contributed by atoms with Crippen molar-refractivity contribution in [3.8, 4) is 0 Å². The molecule has 1 fully saturated rings. The molecule has 0 saturated heterocycles. The molecular weight excluding hydrogens is 249 g/mol. The molecule has 1 unspecified atom stereocenters. The maximum absolute atomic E-state index is 13.2. The topological polar surface area (TPSA) is 57.6 Å². The molecule has 0 spiro atoms. The van der Waals surface area contributed by atoms with E-state index in [4.69, 9.17) is 5.11 Å². The zero-order valence-electron chi connectivity index (χ0n) is 10.7. The molecule has 0 aliphatic heterocycles. The van der Waals surface area contributed by atoms with Gasteiger partial charge in [-0.2, -0.15) is 0 Å². The van der Waals surface area contributed by atoms with E-state index in [2.05, 4.69) is 0 Å². The number of benzene rings is 1. The zero-order chi connectivity index (χ0) is 14.0. The Labute approximate surface area is 110 Å². The van der Waals surface area contributed by atoms with Gasteiger partial charge in [-0.25, -0.2) is 4.39 Å². The molecule has 1 saturated carbocycles. The van der Waals surface area contributed by atoms with Gasteiger partial charge in [-0.1, -0.05) is 12.1 Å². The van der Waals surface area contributed by atoms with Crippen LogP contribution < -0.4 is 0 Å². The minimum Gasteiger partial charge on any atom is -0.480 e. The van der Waals surface area contributed by atoms with Crippen molar-refractivity contribution >= 4 is 11.9 Å². The number of amides is 1. The molecule has 5 heteroatoms. The highest BCUT2D eigenvalue weighted by Crippen LogP contribution is 2.30. The van der Waals surface area contributed by atoms with Crippen LogP contribution in [0.4, 0.5) is 4.39 Å². The van der Waals surface area contributed by atoms with Crippen LogP contribution in [0.25, 0.3) is 0 Å². The van der Waals surface area contributed by atoms with Crippen molar-refractivity contribution in [2.45, 2.75) is 31.7 Å². The molecule has 1 aromatic rings. The number of hydrogen-bond acceptors (Lipinski definition) is 2. The summed E-state index contributed by atoms with van der Waals surface area (Å²) in [6.07, 6.45) is 1.68. The molecule has 0 bridgehead atoms. The molecule has 1 atom stereocenters. The minimum atomic E-state index is -1.02. The fraction of sp³-hybridized carbons (Fsp3) is 0.429. The highest BCUT2D eigenvalue weighted by Gasteiger charge is 2.36. The van der Waals surface area contributed by atoms with E-state index in [-0.39, 0.29) is 18.5 Å². The molecule has 2 rings (SSSR count). The smallest absolute Gasteiger partial charge is 0.323 e. The van der Waals surface area contributed by atoms with E-state index < -0.39 is 17.7 Å². The fourth-order valence-corrected chi connectivity index (χ4v) is 2.09. The van der Waals surface area contributed by atoms with Crippen LogP contribution in [0.3, 0.4) is 0 Å². The molecule has 4 nitrogen and oxygen atoms in total. The first-order chi connectivity index (χ1) is 8.99. The van der Waals surface area contributed by atoms with Crippen LogP contribution in [0.15, 0.2) is 24.3 Å². The standard InChI is InChI=1S/C14H16FNO3/c1-9(10-3-2-4-11(15)7-10)14(19)16(8-13(17)18)12-5-6-12/h2-4,7,9,12H,5-6,8H2,1H3,(H,17,18). The zero-order valence-corrected chi connectivity index (χ0v) is 10.7. The fourth-order valence-electron chi connectivity index (χ4n) is 2.09. The predicted molar refractivity (Wildman–Crippen MR) is 67.2 cm³/mol. The van der Waals surface area contributed by atoms with Crippen LogP contribution in [0.1, 0.15) is 31.2 Å². The maximum atomic E-state index is 13.2. The molecule has 1 aromatic carbocycles. The molecule has 1 aliphatic carbocycles. The van der Waals surface area contributed by atoms with Crippen LogP contribution in [0.2, 0.25) is 0 Å². The highest BCUT2D eigenvalue weighted by atomic mass is 19.1. The number of carboxylic acid groups (broad SMARTS) is 1. The molecule has 1 aliphatic rings. The lowest BCUT2D eigenvalue weighted by atomic mass is 9.99. The normalized spacial score (nSPS) is 15.9. The van der Waals surface area contributed by atoms with Crippen molar-refractivity contribution in [1.29, 1.82) is 0 Å². The quantitative estimate of drug-likeness (QED) is 0.886. The lowest BCUT2D eigenvalue weighted by molar-refractivity contribution is -0.145. The number of carboxylic acids is 1. The largest absolute Gasteiger partial charge is 0.480 e. The second-order valence-electron chi connectivity index (χ2n) is 4.87. The van der Waals surface area contributed by atoms with Crippen molar-refractivity contribution in [2.24, 2.45) is 0 Å². The first-order valence-corrected chi connectivity index (χ1v) is 6.26. The van der Waals surface area contributed by atoms with Gasteiger partial charge in [-0.05, 0) is 37.5 Å². The Hall–Kier alpha value is -1.91. The summed E-state index contributed by atoms with van der Waals surface area (Å²) < 4.78 is 13.2. The third-order valence-electron chi connectivity index (χ3n) is 3.30. The van der Waals surface area contributed by atoms with E-state index in [0.29, 0.717) is 5.56 Å². The van der Waals surface area contributed by atoms with Crippen molar-refractivity contribution < 1.29 is 19.1 Å². The first-order valence-electron chi connectivity index (χ1n) is 6.26. The van der Waals surface area contributed by atoms with Crippen LogP contribution in [-0.2, 0) is 9.59 Å². The molecule has 102 valence electrons. The van der Waals surface area contributed by atoms with E-state index in [9.17, 15) is 14.0 Å². The van der Waals surface area contributed by atoms with Gasteiger partial charge in [-0.15, -0.1) is 0 Å².